The predicted molar refractivity (Wildman–Crippen MR) is 103 cm³/mol. The van der Waals surface area contributed by atoms with Crippen molar-refractivity contribution >= 4 is 17.7 Å². The normalized spacial score (nSPS) is 17.5. The predicted octanol–water partition coefficient (Wildman–Crippen LogP) is 3.09. The van der Waals surface area contributed by atoms with Crippen molar-refractivity contribution in [1.82, 2.24) is 4.90 Å². The number of ether oxygens (including phenoxy) is 3. The molecule has 0 bridgehead atoms. The molecule has 26 heavy (non-hydrogen) atoms. The van der Waals surface area contributed by atoms with Crippen LogP contribution < -0.4 is 14.2 Å². The Hall–Kier alpha value is -1.60. The minimum Gasteiger partial charge on any atom is -0.493 e. The lowest BCUT2D eigenvalue weighted by molar-refractivity contribution is -0.128. The molecule has 1 atom stereocenters. The summed E-state index contributed by atoms with van der Waals surface area (Å²) in [5.41, 5.74) is 0.773. The van der Waals surface area contributed by atoms with Crippen molar-refractivity contribution in [3.63, 3.8) is 0 Å². The van der Waals surface area contributed by atoms with E-state index in [9.17, 15) is 9.90 Å². The van der Waals surface area contributed by atoms with Crippen LogP contribution in [0.5, 0.6) is 17.2 Å². The van der Waals surface area contributed by atoms with Crippen molar-refractivity contribution in [3.05, 3.63) is 17.7 Å². The van der Waals surface area contributed by atoms with E-state index >= 15 is 0 Å². The second-order valence-electron chi connectivity index (χ2n) is 7.10. The summed E-state index contributed by atoms with van der Waals surface area (Å²) in [6.07, 6.45) is 1.69. The molecule has 1 N–H and O–H groups in total. The van der Waals surface area contributed by atoms with Crippen LogP contribution in [-0.2, 0) is 4.79 Å². The highest BCUT2D eigenvalue weighted by Crippen LogP contribution is 2.48. The van der Waals surface area contributed by atoms with E-state index in [-0.39, 0.29) is 23.3 Å². The molecule has 1 aliphatic rings. The summed E-state index contributed by atoms with van der Waals surface area (Å²) in [7, 11) is 4.75. The van der Waals surface area contributed by atoms with Crippen molar-refractivity contribution in [1.29, 1.82) is 0 Å². The number of benzene rings is 1. The summed E-state index contributed by atoms with van der Waals surface area (Å²) in [4.78, 5) is 14.3. The molecule has 1 saturated heterocycles. The van der Waals surface area contributed by atoms with Crippen LogP contribution in [0.25, 0.3) is 0 Å². The van der Waals surface area contributed by atoms with Gasteiger partial charge in [0, 0.05) is 18.7 Å². The van der Waals surface area contributed by atoms with Gasteiger partial charge in [-0.2, -0.15) is 0 Å². The summed E-state index contributed by atoms with van der Waals surface area (Å²) >= 11 is 1.59. The number of carbonyl (C=O) groups is 1. The zero-order valence-electron chi connectivity index (χ0n) is 16.2. The van der Waals surface area contributed by atoms with Gasteiger partial charge in [-0.1, -0.05) is 13.8 Å². The largest absolute Gasteiger partial charge is 0.493 e. The number of amides is 1. The third kappa shape index (κ3) is 4.38. The fourth-order valence-corrected chi connectivity index (χ4v) is 4.31. The van der Waals surface area contributed by atoms with E-state index in [1.807, 2.05) is 30.9 Å². The first-order valence-corrected chi connectivity index (χ1v) is 9.74. The topological polar surface area (TPSA) is 68.2 Å². The molecule has 1 heterocycles. The van der Waals surface area contributed by atoms with Crippen LogP contribution in [0.15, 0.2) is 12.1 Å². The van der Waals surface area contributed by atoms with Crippen LogP contribution in [0.1, 0.15) is 37.6 Å². The molecule has 0 aliphatic carbocycles. The summed E-state index contributed by atoms with van der Waals surface area (Å²) in [6, 6.07) is 3.77. The van der Waals surface area contributed by atoms with Gasteiger partial charge in [0.1, 0.15) is 5.37 Å². The van der Waals surface area contributed by atoms with E-state index in [1.54, 1.807) is 33.1 Å². The zero-order chi connectivity index (χ0) is 19.3. The summed E-state index contributed by atoms with van der Waals surface area (Å²) < 4.78 is 16.4. The summed E-state index contributed by atoms with van der Waals surface area (Å²) in [5, 5.41) is 9.30. The van der Waals surface area contributed by atoms with Crippen molar-refractivity contribution in [2.75, 3.05) is 40.2 Å². The van der Waals surface area contributed by atoms with Crippen molar-refractivity contribution in [2.45, 2.75) is 32.1 Å². The Kier molecular flexibility index (Phi) is 7.06. The second-order valence-corrected chi connectivity index (χ2v) is 8.17. The molecular formula is C19H29NO5S. The average molecular weight is 384 g/mol. The summed E-state index contributed by atoms with van der Waals surface area (Å²) in [6.45, 7) is 4.85. The fourth-order valence-electron chi connectivity index (χ4n) is 3.08. The maximum atomic E-state index is 12.4. The fraction of sp³-hybridized carbons (Fsp3) is 0.632. The molecule has 1 unspecified atom stereocenters. The first-order chi connectivity index (χ1) is 12.4. The molecule has 1 aliphatic heterocycles. The van der Waals surface area contributed by atoms with E-state index in [1.165, 1.54) is 0 Å². The molecular weight excluding hydrogens is 354 g/mol. The molecule has 2 rings (SSSR count). The van der Waals surface area contributed by atoms with Crippen LogP contribution in [0, 0.1) is 5.41 Å². The van der Waals surface area contributed by atoms with Gasteiger partial charge in [-0.3, -0.25) is 4.79 Å². The molecule has 146 valence electrons. The third-order valence-electron chi connectivity index (χ3n) is 4.65. The van der Waals surface area contributed by atoms with Crippen molar-refractivity contribution in [2.24, 2.45) is 5.41 Å². The maximum Gasteiger partial charge on any atom is 0.233 e. The van der Waals surface area contributed by atoms with Crippen LogP contribution in [0.4, 0.5) is 0 Å². The SMILES string of the molecule is COc1ccc(C2SCC(=O)N2CCCC(C)(C)CO)c(OC)c1OC. The van der Waals surface area contributed by atoms with E-state index in [0.717, 1.165) is 18.4 Å². The highest BCUT2D eigenvalue weighted by atomic mass is 32.2. The number of aliphatic hydroxyl groups is 1. The van der Waals surface area contributed by atoms with Gasteiger partial charge >= 0.3 is 0 Å². The highest BCUT2D eigenvalue weighted by Gasteiger charge is 2.36. The average Bonchev–Trinajstić information content (AvgIpc) is 3.00. The Bertz CT molecular complexity index is 635. The Morgan fingerprint density at radius 3 is 2.46 bits per heavy atom. The number of hydrogen-bond acceptors (Lipinski definition) is 6. The molecule has 6 nitrogen and oxygen atoms in total. The smallest absolute Gasteiger partial charge is 0.233 e. The standard InChI is InChI=1S/C19H29NO5S/c1-19(2,12-21)9-6-10-20-15(22)11-26-18(20)13-7-8-14(23-3)17(25-5)16(13)24-4/h7-8,18,21H,6,9-12H2,1-5H3. The molecule has 1 aromatic rings. The van der Waals surface area contributed by atoms with Gasteiger partial charge < -0.3 is 24.2 Å². The van der Waals surface area contributed by atoms with Gasteiger partial charge in [-0.25, -0.2) is 0 Å². The van der Waals surface area contributed by atoms with Gasteiger partial charge in [0.2, 0.25) is 11.7 Å². The first kappa shape index (κ1) is 20.7. The van der Waals surface area contributed by atoms with Gasteiger partial charge in [-0.15, -0.1) is 11.8 Å². The van der Waals surface area contributed by atoms with Crippen LogP contribution >= 0.6 is 11.8 Å². The molecule has 0 saturated carbocycles. The second kappa shape index (κ2) is 8.86. The van der Waals surface area contributed by atoms with Gasteiger partial charge in [0.05, 0.1) is 27.1 Å². The van der Waals surface area contributed by atoms with E-state index in [2.05, 4.69) is 0 Å². The van der Waals surface area contributed by atoms with Crippen molar-refractivity contribution in [3.8, 4) is 17.2 Å². The monoisotopic (exact) mass is 383 g/mol. The van der Waals surface area contributed by atoms with E-state index in [4.69, 9.17) is 14.2 Å². The number of aliphatic hydroxyl groups excluding tert-OH is 1. The number of nitrogens with zero attached hydrogens (tertiary/aromatic N) is 1. The molecule has 0 radical (unpaired) electrons. The minimum absolute atomic E-state index is 0.116. The Morgan fingerprint density at radius 1 is 1.19 bits per heavy atom. The number of carbonyl (C=O) groups excluding carboxylic acids is 1. The Labute approximate surface area is 159 Å². The Balaban J connectivity index is 2.24. The van der Waals surface area contributed by atoms with Crippen molar-refractivity contribution < 1.29 is 24.1 Å². The van der Waals surface area contributed by atoms with Crippen LogP contribution in [0.3, 0.4) is 0 Å². The Morgan fingerprint density at radius 2 is 1.88 bits per heavy atom. The summed E-state index contributed by atoms with van der Waals surface area (Å²) in [5.74, 6) is 2.30. The number of thioether (sulfide) groups is 1. The molecule has 0 spiro atoms. The van der Waals surface area contributed by atoms with Crippen LogP contribution in [-0.4, -0.2) is 56.1 Å². The lowest BCUT2D eigenvalue weighted by Crippen LogP contribution is -2.30. The number of rotatable bonds is 9. The third-order valence-corrected chi connectivity index (χ3v) is 5.89. The maximum absolute atomic E-state index is 12.4. The van der Waals surface area contributed by atoms with Crippen LogP contribution in [0.2, 0.25) is 0 Å². The quantitative estimate of drug-likeness (QED) is 0.707. The van der Waals surface area contributed by atoms with Gasteiger partial charge in [-0.05, 0) is 30.4 Å². The molecule has 7 heteroatoms. The zero-order valence-corrected chi connectivity index (χ0v) is 17.0. The van der Waals surface area contributed by atoms with E-state index in [0.29, 0.717) is 29.5 Å². The molecule has 1 amide bonds. The first-order valence-electron chi connectivity index (χ1n) is 8.69. The highest BCUT2D eigenvalue weighted by molar-refractivity contribution is 8.00. The van der Waals surface area contributed by atoms with Gasteiger partial charge in [0.25, 0.3) is 0 Å². The van der Waals surface area contributed by atoms with E-state index < -0.39 is 0 Å². The lowest BCUT2D eigenvalue weighted by Gasteiger charge is -2.28. The molecule has 1 aromatic carbocycles. The lowest BCUT2D eigenvalue weighted by atomic mass is 9.89. The number of methoxy groups -OCH3 is 3. The number of hydrogen-bond donors (Lipinski definition) is 1. The van der Waals surface area contributed by atoms with Gasteiger partial charge in [0.15, 0.2) is 11.5 Å². The molecule has 0 aromatic heterocycles. The minimum atomic E-state index is -0.133. The molecule has 1 fully saturated rings.